The summed E-state index contributed by atoms with van der Waals surface area (Å²) in [7, 11) is 1.61. The van der Waals surface area contributed by atoms with Crippen LogP contribution in [0.15, 0.2) is 29.2 Å². The summed E-state index contributed by atoms with van der Waals surface area (Å²) < 4.78 is 13.2. The van der Waals surface area contributed by atoms with Crippen LogP contribution < -0.4 is 10.6 Å². The number of amides is 1. The molecule has 0 saturated carbocycles. The zero-order valence-corrected chi connectivity index (χ0v) is 16.8. The van der Waals surface area contributed by atoms with Crippen LogP contribution in [-0.2, 0) is 14.4 Å². The first-order valence-electron chi connectivity index (χ1n) is 9.77. The number of benzene rings is 1. The number of aliphatic imine (C=N–C) groups is 1. The molecule has 8 heteroatoms. The molecule has 1 amide bonds. The van der Waals surface area contributed by atoms with Crippen molar-refractivity contribution < 1.29 is 18.8 Å². The SMILES string of the molecule is CON1CCC2(CC1)NC(=O)C(c1c(C)cc(C3=NCC(F)=CN3)cc1C)C2=O. The van der Waals surface area contributed by atoms with Gasteiger partial charge in [-0.2, -0.15) is 5.06 Å². The Labute approximate surface area is 169 Å². The summed E-state index contributed by atoms with van der Waals surface area (Å²) in [5, 5.41) is 7.65. The number of carbonyl (C=O) groups is 2. The van der Waals surface area contributed by atoms with E-state index in [0.29, 0.717) is 31.8 Å². The topological polar surface area (TPSA) is 83.0 Å². The smallest absolute Gasteiger partial charge is 0.235 e. The van der Waals surface area contributed by atoms with Gasteiger partial charge in [-0.25, -0.2) is 4.39 Å². The molecular formula is C21H25FN4O3. The van der Waals surface area contributed by atoms with E-state index in [2.05, 4.69) is 15.6 Å². The zero-order valence-electron chi connectivity index (χ0n) is 16.8. The molecule has 0 aliphatic carbocycles. The van der Waals surface area contributed by atoms with Crippen molar-refractivity contribution in [2.24, 2.45) is 4.99 Å². The van der Waals surface area contributed by atoms with Crippen LogP contribution in [0.4, 0.5) is 4.39 Å². The van der Waals surface area contributed by atoms with E-state index in [1.54, 1.807) is 12.2 Å². The van der Waals surface area contributed by atoms with Crippen LogP contribution >= 0.6 is 0 Å². The van der Waals surface area contributed by atoms with Gasteiger partial charge in [0.1, 0.15) is 23.1 Å². The van der Waals surface area contributed by atoms with Crippen molar-refractivity contribution in [3.05, 3.63) is 46.4 Å². The van der Waals surface area contributed by atoms with Gasteiger partial charge in [0.2, 0.25) is 5.91 Å². The van der Waals surface area contributed by atoms with Crippen LogP contribution in [0, 0.1) is 13.8 Å². The lowest BCUT2D eigenvalue weighted by atomic mass is 9.79. The van der Waals surface area contributed by atoms with Crippen LogP contribution in [0.2, 0.25) is 0 Å². The number of piperidine rings is 1. The minimum absolute atomic E-state index is 0.00666. The highest BCUT2D eigenvalue weighted by molar-refractivity contribution is 6.17. The van der Waals surface area contributed by atoms with Gasteiger partial charge in [0.05, 0.1) is 13.7 Å². The van der Waals surface area contributed by atoms with Crippen molar-refractivity contribution in [2.75, 3.05) is 26.7 Å². The Morgan fingerprint density at radius 2 is 1.86 bits per heavy atom. The molecule has 3 aliphatic rings. The van der Waals surface area contributed by atoms with Gasteiger partial charge < -0.3 is 15.5 Å². The van der Waals surface area contributed by atoms with Crippen molar-refractivity contribution >= 4 is 17.5 Å². The Bertz CT molecular complexity index is 909. The van der Waals surface area contributed by atoms with Crippen LogP contribution in [0.5, 0.6) is 0 Å². The number of amidine groups is 1. The first kappa shape index (κ1) is 19.7. The molecule has 154 valence electrons. The highest BCUT2D eigenvalue weighted by Gasteiger charge is 2.54. The Balaban J connectivity index is 1.63. The van der Waals surface area contributed by atoms with Gasteiger partial charge in [0.15, 0.2) is 5.78 Å². The molecule has 3 aliphatic heterocycles. The van der Waals surface area contributed by atoms with Crippen LogP contribution in [0.1, 0.15) is 41.0 Å². The maximum absolute atomic E-state index is 13.4. The lowest BCUT2D eigenvalue weighted by Gasteiger charge is -2.36. The number of hydrogen-bond donors (Lipinski definition) is 2. The monoisotopic (exact) mass is 400 g/mol. The third-order valence-corrected chi connectivity index (χ3v) is 6.10. The molecule has 29 heavy (non-hydrogen) atoms. The van der Waals surface area contributed by atoms with E-state index >= 15 is 0 Å². The predicted octanol–water partition coefficient (Wildman–Crippen LogP) is 1.64. The molecule has 1 unspecified atom stereocenters. The number of rotatable bonds is 3. The van der Waals surface area contributed by atoms with Gasteiger partial charge in [-0.3, -0.25) is 14.6 Å². The average Bonchev–Trinajstić information content (AvgIpc) is 2.93. The molecule has 1 atom stereocenters. The summed E-state index contributed by atoms with van der Waals surface area (Å²) in [5.74, 6) is -0.850. The maximum Gasteiger partial charge on any atom is 0.235 e. The fourth-order valence-electron chi connectivity index (χ4n) is 4.58. The second-order valence-electron chi connectivity index (χ2n) is 7.90. The highest BCUT2D eigenvalue weighted by atomic mass is 19.1. The molecule has 4 rings (SSSR count). The largest absolute Gasteiger partial charge is 0.344 e. The van der Waals surface area contributed by atoms with Crippen molar-refractivity contribution in [1.82, 2.24) is 15.7 Å². The first-order chi connectivity index (χ1) is 13.8. The second kappa shape index (κ2) is 7.35. The molecule has 2 fully saturated rings. The van der Waals surface area contributed by atoms with Crippen molar-refractivity contribution in [3.63, 3.8) is 0 Å². The van der Waals surface area contributed by atoms with Crippen molar-refractivity contribution in [3.8, 4) is 0 Å². The maximum atomic E-state index is 13.4. The molecule has 2 N–H and O–H groups in total. The quantitative estimate of drug-likeness (QED) is 0.754. The van der Waals surface area contributed by atoms with E-state index in [-0.39, 0.29) is 24.1 Å². The molecular weight excluding hydrogens is 375 g/mol. The molecule has 2 saturated heterocycles. The standard InChI is InChI=1S/C21H25FN4O3/c1-12-8-14(19-23-10-15(22)11-24-19)9-13(2)16(12)17-18(27)21(25-20(17)28)4-6-26(29-3)7-5-21/h8-10,17H,4-7,11H2,1-3H3,(H,23,24)(H,25,28). The van der Waals surface area contributed by atoms with Crippen LogP contribution in [0.25, 0.3) is 0 Å². The van der Waals surface area contributed by atoms with E-state index in [4.69, 9.17) is 4.84 Å². The van der Waals surface area contributed by atoms with Crippen LogP contribution in [-0.4, -0.2) is 54.9 Å². The fraction of sp³-hybridized carbons (Fsp3) is 0.476. The number of hydrogen-bond acceptors (Lipinski definition) is 6. The molecule has 7 nitrogen and oxygen atoms in total. The normalized spacial score (nSPS) is 24.2. The molecule has 0 radical (unpaired) electrons. The Morgan fingerprint density at radius 3 is 2.41 bits per heavy atom. The van der Waals surface area contributed by atoms with E-state index in [1.807, 2.05) is 26.0 Å². The average molecular weight is 400 g/mol. The number of nitrogens with one attached hydrogen (secondary N) is 2. The van der Waals surface area contributed by atoms with Gasteiger partial charge in [-0.15, -0.1) is 0 Å². The van der Waals surface area contributed by atoms with Gasteiger partial charge >= 0.3 is 0 Å². The lowest BCUT2D eigenvalue weighted by Crippen LogP contribution is -2.54. The van der Waals surface area contributed by atoms with E-state index < -0.39 is 11.5 Å². The number of carbonyl (C=O) groups excluding carboxylic acids is 2. The minimum atomic E-state index is -0.814. The Kier molecular flexibility index (Phi) is 5.00. The third-order valence-electron chi connectivity index (χ3n) is 6.10. The number of aryl methyl sites for hydroxylation is 2. The first-order valence-corrected chi connectivity index (χ1v) is 9.77. The summed E-state index contributed by atoms with van der Waals surface area (Å²) in [6.45, 7) is 4.99. The van der Waals surface area contributed by atoms with E-state index in [0.717, 1.165) is 22.3 Å². The highest BCUT2D eigenvalue weighted by Crippen LogP contribution is 2.38. The Hall–Kier alpha value is -2.58. The Morgan fingerprint density at radius 1 is 1.21 bits per heavy atom. The van der Waals surface area contributed by atoms with Gasteiger partial charge in [-0.1, -0.05) is 0 Å². The summed E-state index contributed by atoms with van der Waals surface area (Å²) in [6, 6.07) is 3.79. The van der Waals surface area contributed by atoms with Gasteiger partial charge in [-0.05, 0) is 55.5 Å². The lowest BCUT2D eigenvalue weighted by molar-refractivity contribution is -0.157. The number of nitrogens with zero attached hydrogens (tertiary/aromatic N) is 2. The van der Waals surface area contributed by atoms with Crippen molar-refractivity contribution in [1.29, 1.82) is 0 Å². The van der Waals surface area contributed by atoms with Gasteiger partial charge in [0, 0.05) is 24.9 Å². The molecule has 3 heterocycles. The second-order valence-corrected chi connectivity index (χ2v) is 7.90. The number of halogens is 1. The van der Waals surface area contributed by atoms with Crippen LogP contribution in [0.3, 0.4) is 0 Å². The van der Waals surface area contributed by atoms with E-state index in [9.17, 15) is 14.0 Å². The summed E-state index contributed by atoms with van der Waals surface area (Å²) in [6.07, 6.45) is 2.37. The minimum Gasteiger partial charge on any atom is -0.344 e. The van der Waals surface area contributed by atoms with E-state index in [1.165, 1.54) is 6.20 Å². The number of Topliss-reactive ketones (excluding diaryl/α,β-unsaturated/α-hetero) is 1. The molecule has 1 aromatic carbocycles. The molecule has 0 bridgehead atoms. The zero-order chi connectivity index (χ0) is 20.8. The van der Waals surface area contributed by atoms with Gasteiger partial charge in [0.25, 0.3) is 0 Å². The molecule has 0 aromatic heterocycles. The molecule has 1 spiro atoms. The predicted molar refractivity (Wildman–Crippen MR) is 106 cm³/mol. The summed E-state index contributed by atoms with van der Waals surface area (Å²) in [4.78, 5) is 35.7. The number of hydroxylamine groups is 2. The molecule has 1 aromatic rings. The van der Waals surface area contributed by atoms with Crippen molar-refractivity contribution in [2.45, 2.75) is 38.1 Å². The summed E-state index contributed by atoms with van der Waals surface area (Å²) in [5.41, 5.74) is 2.44. The number of ketones is 1. The summed E-state index contributed by atoms with van der Waals surface area (Å²) >= 11 is 0. The fourth-order valence-corrected chi connectivity index (χ4v) is 4.58. The third kappa shape index (κ3) is 3.36.